The van der Waals surface area contributed by atoms with E-state index in [0.29, 0.717) is 34.6 Å². The Hall–Kier alpha value is -5.17. The number of nitrogens with zero attached hydrogens (tertiary/aromatic N) is 4. The predicted octanol–water partition coefficient (Wildman–Crippen LogP) is 6.26. The van der Waals surface area contributed by atoms with Crippen LogP contribution in [0.2, 0.25) is 0 Å². The fourth-order valence-corrected chi connectivity index (χ4v) is 5.72. The second-order valence-electron chi connectivity index (χ2n) is 9.93. The van der Waals surface area contributed by atoms with E-state index in [-0.39, 0.29) is 5.91 Å². The van der Waals surface area contributed by atoms with Crippen LogP contribution in [-0.2, 0) is 13.0 Å². The van der Waals surface area contributed by atoms with Gasteiger partial charge >= 0.3 is 0 Å². The van der Waals surface area contributed by atoms with Crippen LogP contribution in [0.3, 0.4) is 0 Å². The molecule has 0 saturated heterocycles. The zero-order valence-electron chi connectivity index (χ0n) is 22.1. The van der Waals surface area contributed by atoms with Crippen LogP contribution in [-0.4, -0.2) is 31.6 Å². The first-order chi connectivity index (χ1) is 19.6. The van der Waals surface area contributed by atoms with Gasteiger partial charge in [-0.05, 0) is 55.3 Å². The largest absolute Gasteiger partial charge is 0.384 e. The number of nitrogens with one attached hydrogen (secondary N) is 1. The highest BCUT2D eigenvalue weighted by Gasteiger charge is 2.25. The lowest BCUT2D eigenvalue weighted by molar-refractivity contribution is 0.0956. The first kappa shape index (κ1) is 23.9. The second kappa shape index (κ2) is 9.54. The molecule has 0 atom stereocenters. The van der Waals surface area contributed by atoms with Gasteiger partial charge in [-0.25, -0.2) is 9.97 Å². The second-order valence-corrected chi connectivity index (χ2v) is 9.93. The summed E-state index contributed by atoms with van der Waals surface area (Å²) in [7, 11) is 0. The maximum Gasteiger partial charge on any atom is 0.257 e. The number of nitrogens with two attached hydrogens (primary N) is 1. The van der Waals surface area contributed by atoms with Crippen LogP contribution in [0.4, 0.5) is 5.82 Å². The highest BCUT2D eigenvalue weighted by molar-refractivity contribution is 6.12. The van der Waals surface area contributed by atoms with Gasteiger partial charge in [0.05, 0.1) is 11.0 Å². The number of para-hydroxylation sites is 3. The van der Waals surface area contributed by atoms with Gasteiger partial charge in [0.2, 0.25) is 0 Å². The number of amides is 1. The molecule has 0 spiro atoms. The van der Waals surface area contributed by atoms with Gasteiger partial charge in [-0.15, -0.1) is 0 Å². The van der Waals surface area contributed by atoms with Gasteiger partial charge in [-0.1, -0.05) is 60.7 Å². The minimum atomic E-state index is -0.259. The summed E-state index contributed by atoms with van der Waals surface area (Å²) in [6.45, 7) is 3.50. The van der Waals surface area contributed by atoms with Gasteiger partial charge in [0.15, 0.2) is 5.65 Å². The van der Waals surface area contributed by atoms with E-state index in [1.54, 1.807) is 0 Å². The monoisotopic (exact) mass is 524 g/mol. The standard InChI is InChI=1S/C33H28N6O/c1-2-38-27-15-9-6-12-23(27)24-20-22(16-17-28(24)38)39-31(34)29(33(40)35-19-18-21-10-4-3-5-11-21)30-32(39)37-26-14-8-7-13-25(26)36-30/h3-17,20H,2,18-19,34H2,1H3,(H,35,40). The Morgan fingerprint density at radius 3 is 2.33 bits per heavy atom. The summed E-state index contributed by atoms with van der Waals surface area (Å²) < 4.78 is 4.17. The lowest BCUT2D eigenvalue weighted by Crippen LogP contribution is -2.26. The third kappa shape index (κ3) is 3.78. The average Bonchev–Trinajstić information content (AvgIpc) is 3.46. The number of hydrogen-bond donors (Lipinski definition) is 2. The van der Waals surface area contributed by atoms with Crippen molar-refractivity contribution in [1.29, 1.82) is 0 Å². The van der Waals surface area contributed by atoms with Crippen molar-refractivity contribution >= 4 is 55.7 Å². The molecule has 0 unspecified atom stereocenters. The molecule has 7 aromatic rings. The molecule has 3 N–H and O–H groups in total. The summed E-state index contributed by atoms with van der Waals surface area (Å²) in [4.78, 5) is 23.4. The Bertz CT molecular complexity index is 2050. The van der Waals surface area contributed by atoms with Crippen molar-refractivity contribution in [1.82, 2.24) is 24.4 Å². The molecule has 40 heavy (non-hydrogen) atoms. The Morgan fingerprint density at radius 2 is 1.52 bits per heavy atom. The molecule has 0 fully saturated rings. The number of anilines is 1. The van der Waals surface area contributed by atoms with Crippen molar-refractivity contribution in [2.75, 3.05) is 12.3 Å². The molecule has 0 radical (unpaired) electrons. The number of carbonyl (C=O) groups is 1. The van der Waals surface area contributed by atoms with Gasteiger partial charge in [0, 0.05) is 40.6 Å². The van der Waals surface area contributed by atoms with Gasteiger partial charge in [-0.3, -0.25) is 9.36 Å². The first-order valence-corrected chi connectivity index (χ1v) is 13.5. The minimum Gasteiger partial charge on any atom is -0.384 e. The Balaban J connectivity index is 1.39. The molecule has 4 aromatic carbocycles. The van der Waals surface area contributed by atoms with Gasteiger partial charge in [0.25, 0.3) is 5.91 Å². The molecule has 3 aromatic heterocycles. The van der Waals surface area contributed by atoms with E-state index >= 15 is 0 Å². The summed E-state index contributed by atoms with van der Waals surface area (Å²) in [6, 6.07) is 32.5. The van der Waals surface area contributed by atoms with E-state index in [4.69, 9.17) is 15.7 Å². The molecule has 196 valence electrons. The third-order valence-electron chi connectivity index (χ3n) is 7.60. The zero-order valence-corrected chi connectivity index (χ0v) is 22.1. The summed E-state index contributed by atoms with van der Waals surface area (Å²) in [5.74, 6) is 0.0616. The summed E-state index contributed by atoms with van der Waals surface area (Å²) in [5.41, 5.74) is 14.0. The lowest BCUT2D eigenvalue weighted by Gasteiger charge is -2.10. The maximum atomic E-state index is 13.6. The zero-order chi connectivity index (χ0) is 27.2. The van der Waals surface area contributed by atoms with E-state index in [9.17, 15) is 4.79 Å². The maximum absolute atomic E-state index is 13.6. The lowest BCUT2D eigenvalue weighted by atomic mass is 10.1. The van der Waals surface area contributed by atoms with E-state index in [2.05, 4.69) is 65.3 Å². The third-order valence-corrected chi connectivity index (χ3v) is 7.60. The molecule has 0 aliphatic rings. The number of aromatic nitrogens is 4. The summed E-state index contributed by atoms with van der Waals surface area (Å²) in [6.07, 6.45) is 0.720. The van der Waals surface area contributed by atoms with E-state index in [1.807, 2.05) is 53.1 Å². The molecule has 0 aliphatic heterocycles. The van der Waals surface area contributed by atoms with Crippen LogP contribution in [0.1, 0.15) is 22.8 Å². The topological polar surface area (TPSA) is 90.8 Å². The highest BCUT2D eigenvalue weighted by Crippen LogP contribution is 2.35. The van der Waals surface area contributed by atoms with Crippen LogP contribution < -0.4 is 11.1 Å². The summed E-state index contributed by atoms with van der Waals surface area (Å²) >= 11 is 0. The fraction of sp³-hybridized carbons (Fsp3) is 0.121. The molecule has 0 aliphatic carbocycles. The van der Waals surface area contributed by atoms with Crippen molar-refractivity contribution in [3.8, 4) is 5.69 Å². The summed E-state index contributed by atoms with van der Waals surface area (Å²) in [5, 5.41) is 5.35. The quantitative estimate of drug-likeness (QED) is 0.269. The fourth-order valence-electron chi connectivity index (χ4n) is 5.72. The van der Waals surface area contributed by atoms with Gasteiger partial charge < -0.3 is 15.6 Å². The Kier molecular flexibility index (Phi) is 5.70. The van der Waals surface area contributed by atoms with Crippen LogP contribution in [0.15, 0.2) is 97.1 Å². The minimum absolute atomic E-state index is 0.259. The molecule has 3 heterocycles. The van der Waals surface area contributed by atoms with Gasteiger partial charge in [-0.2, -0.15) is 0 Å². The van der Waals surface area contributed by atoms with Crippen LogP contribution in [0.5, 0.6) is 0 Å². The van der Waals surface area contributed by atoms with Crippen molar-refractivity contribution in [2.24, 2.45) is 0 Å². The Labute approximate surface area is 230 Å². The molecule has 7 rings (SSSR count). The molecular weight excluding hydrogens is 496 g/mol. The van der Waals surface area contributed by atoms with Crippen LogP contribution >= 0.6 is 0 Å². The highest BCUT2D eigenvalue weighted by atomic mass is 16.1. The number of rotatable bonds is 6. The number of benzene rings is 4. The first-order valence-electron chi connectivity index (χ1n) is 13.5. The number of hydrogen-bond acceptors (Lipinski definition) is 4. The molecule has 7 nitrogen and oxygen atoms in total. The van der Waals surface area contributed by atoms with E-state index in [1.165, 1.54) is 10.9 Å². The Morgan fingerprint density at radius 1 is 0.825 bits per heavy atom. The number of carbonyl (C=O) groups excluding carboxylic acids is 1. The normalized spacial score (nSPS) is 11.6. The van der Waals surface area contributed by atoms with Crippen molar-refractivity contribution < 1.29 is 4.79 Å². The molecule has 7 heteroatoms. The van der Waals surface area contributed by atoms with E-state index in [0.717, 1.165) is 40.6 Å². The van der Waals surface area contributed by atoms with Crippen molar-refractivity contribution in [3.05, 3.63) is 108 Å². The smallest absolute Gasteiger partial charge is 0.257 e. The average molecular weight is 525 g/mol. The predicted molar refractivity (Wildman–Crippen MR) is 162 cm³/mol. The van der Waals surface area contributed by atoms with E-state index < -0.39 is 0 Å². The van der Waals surface area contributed by atoms with Crippen LogP contribution in [0, 0.1) is 0 Å². The van der Waals surface area contributed by atoms with Crippen LogP contribution in [0.25, 0.3) is 49.7 Å². The number of aryl methyl sites for hydroxylation is 1. The number of fused-ring (bicyclic) bond motifs is 5. The molecular formula is C33H28N6O. The van der Waals surface area contributed by atoms with Gasteiger partial charge in [0.1, 0.15) is 16.9 Å². The molecule has 0 saturated carbocycles. The van der Waals surface area contributed by atoms with Crippen molar-refractivity contribution in [2.45, 2.75) is 19.9 Å². The molecule has 1 amide bonds. The number of nitrogen functional groups attached to an aromatic ring is 1. The molecule has 0 bridgehead atoms. The van der Waals surface area contributed by atoms with Crippen molar-refractivity contribution in [3.63, 3.8) is 0 Å². The SMILES string of the molecule is CCn1c2ccccc2c2cc(-n3c(N)c(C(=O)NCCc4ccccc4)c4nc5ccccc5nc43)ccc21.